The van der Waals surface area contributed by atoms with Crippen LogP contribution >= 0.6 is 0 Å². The molecule has 3 saturated carbocycles. The van der Waals surface area contributed by atoms with Crippen molar-refractivity contribution in [3.63, 3.8) is 0 Å². The number of alkyl halides is 3. The lowest BCUT2D eigenvalue weighted by atomic mass is 9.38. The SMILES string of the molecule is CN(C)[C@]12C[C@@](C(F)(F)F)(C1)C2. The summed E-state index contributed by atoms with van der Waals surface area (Å²) in [4.78, 5) is 1.93. The molecule has 0 amide bonds. The van der Waals surface area contributed by atoms with Crippen LogP contribution in [0.4, 0.5) is 13.2 Å². The minimum atomic E-state index is -3.97. The van der Waals surface area contributed by atoms with Gasteiger partial charge in [-0.25, -0.2) is 0 Å². The number of halogens is 3. The minimum Gasteiger partial charge on any atom is -0.304 e. The highest BCUT2D eigenvalue weighted by molar-refractivity contribution is 5.25. The van der Waals surface area contributed by atoms with E-state index in [-0.39, 0.29) is 5.54 Å². The third-order valence-electron chi connectivity index (χ3n) is 3.55. The Kier molecular flexibility index (Phi) is 1.26. The number of hydrogen-bond acceptors (Lipinski definition) is 1. The summed E-state index contributed by atoms with van der Waals surface area (Å²) in [5.74, 6) is 0. The summed E-state index contributed by atoms with van der Waals surface area (Å²) in [5, 5.41) is 0. The molecule has 0 aromatic rings. The first-order valence-electron chi connectivity index (χ1n) is 4.06. The first kappa shape index (κ1) is 8.35. The first-order chi connectivity index (χ1) is 5.31. The normalized spacial score (nSPS) is 45.5. The second-order valence-corrected chi connectivity index (χ2v) is 4.43. The fourth-order valence-electron chi connectivity index (χ4n) is 2.51. The third kappa shape index (κ3) is 0.696. The van der Waals surface area contributed by atoms with Gasteiger partial charge in [0, 0.05) is 5.54 Å². The van der Waals surface area contributed by atoms with Gasteiger partial charge in [0.2, 0.25) is 0 Å². The van der Waals surface area contributed by atoms with Gasteiger partial charge < -0.3 is 4.90 Å². The number of rotatable bonds is 1. The molecule has 0 heterocycles. The van der Waals surface area contributed by atoms with Crippen LogP contribution in [0, 0.1) is 5.41 Å². The van der Waals surface area contributed by atoms with Crippen molar-refractivity contribution in [3.05, 3.63) is 0 Å². The highest BCUT2D eigenvalue weighted by Gasteiger charge is 2.79. The maximum Gasteiger partial charge on any atom is 0.394 e. The molecule has 4 heteroatoms. The molecule has 3 rings (SSSR count). The summed E-state index contributed by atoms with van der Waals surface area (Å²) in [6, 6.07) is 0. The molecular formula is C8H12F3N. The fourth-order valence-corrected chi connectivity index (χ4v) is 2.51. The van der Waals surface area contributed by atoms with E-state index in [1.165, 1.54) is 0 Å². The van der Waals surface area contributed by atoms with Gasteiger partial charge in [-0.05, 0) is 33.4 Å². The molecule has 3 fully saturated rings. The van der Waals surface area contributed by atoms with Crippen LogP contribution in [0.25, 0.3) is 0 Å². The van der Waals surface area contributed by atoms with Gasteiger partial charge in [-0.1, -0.05) is 0 Å². The van der Waals surface area contributed by atoms with E-state index in [9.17, 15) is 13.2 Å². The van der Waals surface area contributed by atoms with Crippen molar-refractivity contribution < 1.29 is 13.2 Å². The zero-order chi connectivity index (χ0) is 9.20. The second-order valence-electron chi connectivity index (χ2n) is 4.43. The van der Waals surface area contributed by atoms with E-state index in [0.29, 0.717) is 19.3 Å². The lowest BCUT2D eigenvalue weighted by Crippen LogP contribution is -2.77. The predicted molar refractivity (Wildman–Crippen MR) is 38.8 cm³/mol. The van der Waals surface area contributed by atoms with Crippen LogP contribution in [0.5, 0.6) is 0 Å². The van der Waals surface area contributed by atoms with Gasteiger partial charge >= 0.3 is 6.18 Å². The van der Waals surface area contributed by atoms with Crippen LogP contribution in [-0.2, 0) is 0 Å². The zero-order valence-electron chi connectivity index (χ0n) is 7.20. The monoisotopic (exact) mass is 179 g/mol. The fraction of sp³-hybridized carbons (Fsp3) is 1.00. The van der Waals surface area contributed by atoms with Gasteiger partial charge in [0.15, 0.2) is 0 Å². The van der Waals surface area contributed by atoms with Crippen LogP contribution in [0.1, 0.15) is 19.3 Å². The summed E-state index contributed by atoms with van der Waals surface area (Å²) >= 11 is 0. The van der Waals surface area contributed by atoms with Crippen molar-refractivity contribution >= 4 is 0 Å². The van der Waals surface area contributed by atoms with Crippen LogP contribution in [0.15, 0.2) is 0 Å². The molecule has 0 atom stereocenters. The Bertz CT molecular complexity index is 199. The lowest BCUT2D eigenvalue weighted by molar-refractivity contribution is -0.357. The van der Waals surface area contributed by atoms with Crippen molar-refractivity contribution in [2.24, 2.45) is 5.41 Å². The maximum atomic E-state index is 12.3. The van der Waals surface area contributed by atoms with Gasteiger partial charge in [0.25, 0.3) is 0 Å². The minimum absolute atomic E-state index is 0.102. The maximum absolute atomic E-state index is 12.3. The second kappa shape index (κ2) is 1.81. The summed E-state index contributed by atoms with van der Waals surface area (Å²) in [6.45, 7) is 0. The van der Waals surface area contributed by atoms with Crippen LogP contribution in [0.2, 0.25) is 0 Å². The summed E-state index contributed by atoms with van der Waals surface area (Å²) in [7, 11) is 3.72. The van der Waals surface area contributed by atoms with Crippen LogP contribution in [0.3, 0.4) is 0 Å². The van der Waals surface area contributed by atoms with Crippen molar-refractivity contribution in [2.45, 2.75) is 31.0 Å². The molecule has 2 bridgehead atoms. The van der Waals surface area contributed by atoms with E-state index in [1.54, 1.807) is 0 Å². The van der Waals surface area contributed by atoms with Gasteiger partial charge in [-0.3, -0.25) is 0 Å². The average molecular weight is 179 g/mol. The third-order valence-corrected chi connectivity index (χ3v) is 3.55. The zero-order valence-corrected chi connectivity index (χ0v) is 7.20. The molecule has 0 aliphatic heterocycles. The van der Waals surface area contributed by atoms with Gasteiger partial charge in [-0.2, -0.15) is 13.2 Å². The first-order valence-corrected chi connectivity index (χ1v) is 4.06. The Morgan fingerprint density at radius 3 is 1.75 bits per heavy atom. The molecule has 0 N–H and O–H groups in total. The van der Waals surface area contributed by atoms with Crippen LogP contribution < -0.4 is 0 Å². The van der Waals surface area contributed by atoms with E-state index in [2.05, 4.69) is 0 Å². The standard InChI is InChI=1S/C8H12F3N/c1-12(2)7-3-6(4-7,5-7)8(9,10)11/h3-5H2,1-2H3/t6-,7-. The van der Waals surface area contributed by atoms with Crippen LogP contribution in [-0.4, -0.2) is 30.7 Å². The molecule has 70 valence electrons. The largest absolute Gasteiger partial charge is 0.394 e. The number of nitrogens with zero attached hydrogens (tertiary/aromatic N) is 1. The van der Waals surface area contributed by atoms with Crippen molar-refractivity contribution in [1.29, 1.82) is 0 Å². The van der Waals surface area contributed by atoms with Gasteiger partial charge in [-0.15, -0.1) is 0 Å². The molecule has 0 aromatic carbocycles. The Labute approximate surface area is 69.5 Å². The van der Waals surface area contributed by atoms with E-state index in [1.807, 2.05) is 19.0 Å². The van der Waals surface area contributed by atoms with E-state index >= 15 is 0 Å². The highest BCUT2D eigenvalue weighted by atomic mass is 19.4. The smallest absolute Gasteiger partial charge is 0.304 e. The molecule has 0 saturated heterocycles. The summed E-state index contributed by atoms with van der Waals surface area (Å²) in [6.07, 6.45) is -3.02. The molecule has 0 spiro atoms. The quantitative estimate of drug-likeness (QED) is 0.595. The van der Waals surface area contributed by atoms with Gasteiger partial charge in [0.1, 0.15) is 0 Å². The number of hydrogen-bond donors (Lipinski definition) is 0. The summed E-state index contributed by atoms with van der Waals surface area (Å²) in [5.41, 5.74) is -1.40. The van der Waals surface area contributed by atoms with Crippen molar-refractivity contribution in [3.8, 4) is 0 Å². The summed E-state index contributed by atoms with van der Waals surface area (Å²) < 4.78 is 37.0. The van der Waals surface area contributed by atoms with E-state index < -0.39 is 11.6 Å². The van der Waals surface area contributed by atoms with E-state index in [0.717, 1.165) is 0 Å². The molecule has 0 aromatic heterocycles. The molecule has 12 heavy (non-hydrogen) atoms. The topological polar surface area (TPSA) is 3.24 Å². The Balaban J connectivity index is 2.05. The molecule has 3 aliphatic rings. The average Bonchev–Trinajstić information content (AvgIpc) is 1.46. The van der Waals surface area contributed by atoms with Crippen molar-refractivity contribution in [1.82, 2.24) is 4.90 Å². The molecule has 1 nitrogen and oxygen atoms in total. The van der Waals surface area contributed by atoms with E-state index in [4.69, 9.17) is 0 Å². The molecule has 0 unspecified atom stereocenters. The lowest BCUT2D eigenvalue weighted by Gasteiger charge is -2.72. The highest BCUT2D eigenvalue weighted by Crippen LogP contribution is 2.74. The van der Waals surface area contributed by atoms with Crippen molar-refractivity contribution in [2.75, 3.05) is 14.1 Å². The molecule has 0 radical (unpaired) electrons. The Hall–Kier alpha value is -0.250. The predicted octanol–water partition coefficient (Wildman–Crippen LogP) is 2.03. The molecule has 3 aliphatic carbocycles. The Morgan fingerprint density at radius 1 is 1.08 bits per heavy atom. The Morgan fingerprint density at radius 2 is 1.50 bits per heavy atom. The molecular weight excluding hydrogens is 167 g/mol. The van der Waals surface area contributed by atoms with Gasteiger partial charge in [0.05, 0.1) is 5.41 Å².